The number of carbonyl (C=O) groups is 1. The van der Waals surface area contributed by atoms with Crippen LogP contribution in [0.1, 0.15) is 21.9 Å². The van der Waals surface area contributed by atoms with Crippen molar-refractivity contribution in [2.45, 2.75) is 13.5 Å². The molecule has 0 spiro atoms. The highest BCUT2D eigenvalue weighted by atomic mass is 19.1. The molecule has 0 unspecified atom stereocenters. The number of ether oxygens (including phenoxy) is 1. The van der Waals surface area contributed by atoms with Gasteiger partial charge in [-0.3, -0.25) is 10.2 Å². The molecule has 1 heterocycles. The Morgan fingerprint density at radius 1 is 1.42 bits per heavy atom. The Kier molecular flexibility index (Phi) is 3.82. The lowest BCUT2D eigenvalue weighted by atomic mass is 10.2. The van der Waals surface area contributed by atoms with Gasteiger partial charge in [-0.25, -0.2) is 10.2 Å². The van der Waals surface area contributed by atoms with E-state index in [1.807, 2.05) is 5.43 Å². The number of halogens is 1. The second-order valence-corrected chi connectivity index (χ2v) is 3.94. The molecule has 2 rings (SSSR count). The summed E-state index contributed by atoms with van der Waals surface area (Å²) in [6.45, 7) is 1.87. The third-order valence-electron chi connectivity index (χ3n) is 2.50. The number of hydrogen-bond donors (Lipinski definition) is 2. The van der Waals surface area contributed by atoms with Crippen LogP contribution in [0.15, 0.2) is 34.7 Å². The molecule has 0 fully saturated rings. The zero-order valence-corrected chi connectivity index (χ0v) is 10.3. The fourth-order valence-electron chi connectivity index (χ4n) is 1.60. The van der Waals surface area contributed by atoms with Crippen molar-refractivity contribution in [1.29, 1.82) is 0 Å². The van der Waals surface area contributed by atoms with Crippen LogP contribution in [-0.4, -0.2) is 5.91 Å². The van der Waals surface area contributed by atoms with E-state index in [9.17, 15) is 9.18 Å². The van der Waals surface area contributed by atoms with Crippen LogP contribution in [0.5, 0.6) is 5.75 Å². The van der Waals surface area contributed by atoms with Crippen molar-refractivity contribution >= 4 is 5.91 Å². The topological polar surface area (TPSA) is 77.5 Å². The number of rotatable bonds is 4. The fourth-order valence-corrected chi connectivity index (χ4v) is 1.60. The van der Waals surface area contributed by atoms with Crippen molar-refractivity contribution in [3.8, 4) is 5.75 Å². The number of furan rings is 1. The van der Waals surface area contributed by atoms with Gasteiger partial charge in [0.2, 0.25) is 0 Å². The van der Waals surface area contributed by atoms with Crippen molar-refractivity contribution in [2.75, 3.05) is 0 Å². The summed E-state index contributed by atoms with van der Waals surface area (Å²) < 4.78 is 23.4. The van der Waals surface area contributed by atoms with E-state index in [0.29, 0.717) is 17.1 Å². The maximum Gasteiger partial charge on any atom is 0.301 e. The minimum atomic E-state index is -0.495. The molecule has 0 saturated carbocycles. The Morgan fingerprint density at radius 3 is 2.74 bits per heavy atom. The molecule has 5 nitrogen and oxygen atoms in total. The first-order chi connectivity index (χ1) is 9.10. The van der Waals surface area contributed by atoms with Crippen LogP contribution < -0.4 is 16.0 Å². The van der Waals surface area contributed by atoms with Crippen LogP contribution in [0.25, 0.3) is 0 Å². The number of nitrogens with one attached hydrogen (secondary N) is 1. The largest absolute Gasteiger partial charge is 0.486 e. The molecule has 0 aliphatic carbocycles. The molecule has 0 aliphatic heterocycles. The summed E-state index contributed by atoms with van der Waals surface area (Å²) in [6, 6.07) is 7.32. The van der Waals surface area contributed by atoms with Gasteiger partial charge in [0, 0.05) is 5.56 Å². The number of hydrogen-bond acceptors (Lipinski definition) is 4. The molecule has 3 N–H and O–H groups in total. The van der Waals surface area contributed by atoms with E-state index in [2.05, 4.69) is 0 Å². The van der Waals surface area contributed by atoms with Gasteiger partial charge in [-0.15, -0.1) is 0 Å². The van der Waals surface area contributed by atoms with E-state index in [-0.39, 0.29) is 18.2 Å². The van der Waals surface area contributed by atoms with Gasteiger partial charge in [-0.2, -0.15) is 0 Å². The minimum Gasteiger partial charge on any atom is -0.486 e. The Hall–Kier alpha value is -2.34. The van der Waals surface area contributed by atoms with Gasteiger partial charge in [0.05, 0.1) is 0 Å². The van der Waals surface area contributed by atoms with Crippen molar-refractivity contribution in [3.63, 3.8) is 0 Å². The number of benzene rings is 1. The molecule has 1 aromatic heterocycles. The van der Waals surface area contributed by atoms with Crippen molar-refractivity contribution < 1.29 is 18.3 Å². The predicted octanol–water partition coefficient (Wildman–Crippen LogP) is 1.91. The lowest BCUT2D eigenvalue weighted by Crippen LogP contribution is -2.30. The van der Waals surface area contributed by atoms with E-state index in [4.69, 9.17) is 15.0 Å². The van der Waals surface area contributed by atoms with E-state index in [1.54, 1.807) is 13.0 Å². The van der Waals surface area contributed by atoms with Crippen molar-refractivity contribution in [3.05, 3.63) is 53.2 Å². The quantitative estimate of drug-likeness (QED) is 0.502. The molecule has 0 radical (unpaired) electrons. The van der Waals surface area contributed by atoms with Gasteiger partial charge >= 0.3 is 5.91 Å². The summed E-state index contributed by atoms with van der Waals surface area (Å²) in [5, 5.41) is 0. The smallest absolute Gasteiger partial charge is 0.301 e. The number of carbonyl (C=O) groups excluding carboxylic acids is 1. The molecule has 0 saturated heterocycles. The lowest BCUT2D eigenvalue weighted by molar-refractivity contribution is 0.0921. The first-order valence-electron chi connectivity index (χ1n) is 5.59. The number of hydrazine groups is 1. The fraction of sp³-hybridized carbons (Fsp3) is 0.154. The van der Waals surface area contributed by atoms with Gasteiger partial charge < -0.3 is 9.15 Å². The molecule has 0 aliphatic rings. The lowest BCUT2D eigenvalue weighted by Gasteiger charge is -2.03. The predicted molar refractivity (Wildman–Crippen MR) is 65.8 cm³/mol. The summed E-state index contributed by atoms with van der Waals surface area (Å²) in [5.41, 5.74) is 2.67. The molecule has 2 aromatic rings. The second kappa shape index (κ2) is 5.53. The summed E-state index contributed by atoms with van der Waals surface area (Å²) in [5.74, 6) is 5.36. The van der Waals surface area contributed by atoms with Crippen LogP contribution >= 0.6 is 0 Å². The Bertz CT molecular complexity index is 578. The van der Waals surface area contributed by atoms with E-state index in [1.165, 1.54) is 24.3 Å². The number of aryl methyl sites for hydroxylation is 1. The van der Waals surface area contributed by atoms with Gasteiger partial charge in [0.15, 0.2) is 5.76 Å². The Morgan fingerprint density at radius 2 is 2.11 bits per heavy atom. The van der Waals surface area contributed by atoms with Gasteiger partial charge in [0.25, 0.3) is 0 Å². The number of nitrogen functional groups attached to an aromatic ring is 1. The molecular weight excluding hydrogens is 251 g/mol. The van der Waals surface area contributed by atoms with Crippen LogP contribution in [-0.2, 0) is 6.61 Å². The van der Waals surface area contributed by atoms with Crippen molar-refractivity contribution in [2.24, 2.45) is 5.84 Å². The standard InChI is InChI=1S/C13H13FN2O3/c1-8-6-11(19-12(8)13(17)16-15)7-18-10-4-2-9(14)3-5-10/h2-6H,7,15H2,1H3,(H,16,17). The minimum absolute atomic E-state index is 0.143. The number of amides is 1. The molecule has 19 heavy (non-hydrogen) atoms. The second-order valence-electron chi connectivity index (χ2n) is 3.94. The molecule has 1 aromatic carbocycles. The number of nitrogens with two attached hydrogens (primary N) is 1. The maximum atomic E-state index is 12.7. The zero-order valence-electron chi connectivity index (χ0n) is 10.3. The maximum absolute atomic E-state index is 12.7. The van der Waals surface area contributed by atoms with E-state index in [0.717, 1.165) is 0 Å². The SMILES string of the molecule is Cc1cc(COc2ccc(F)cc2)oc1C(=O)NN. The van der Waals surface area contributed by atoms with Crippen LogP contribution in [0.3, 0.4) is 0 Å². The van der Waals surface area contributed by atoms with E-state index >= 15 is 0 Å². The van der Waals surface area contributed by atoms with Gasteiger partial charge in [0.1, 0.15) is 23.9 Å². The summed E-state index contributed by atoms with van der Waals surface area (Å²) in [6.07, 6.45) is 0. The summed E-state index contributed by atoms with van der Waals surface area (Å²) >= 11 is 0. The van der Waals surface area contributed by atoms with E-state index < -0.39 is 5.91 Å². The van der Waals surface area contributed by atoms with Crippen LogP contribution in [0, 0.1) is 12.7 Å². The first-order valence-corrected chi connectivity index (χ1v) is 5.59. The molecule has 100 valence electrons. The van der Waals surface area contributed by atoms with Crippen LogP contribution in [0.2, 0.25) is 0 Å². The van der Waals surface area contributed by atoms with Crippen LogP contribution in [0.4, 0.5) is 4.39 Å². The summed E-state index contributed by atoms with van der Waals surface area (Å²) in [7, 11) is 0. The molecule has 6 heteroatoms. The zero-order chi connectivity index (χ0) is 13.8. The normalized spacial score (nSPS) is 10.3. The Balaban J connectivity index is 2.04. The molecule has 1 amide bonds. The van der Waals surface area contributed by atoms with Gasteiger partial charge in [-0.1, -0.05) is 0 Å². The first kappa shape index (κ1) is 13.1. The van der Waals surface area contributed by atoms with Gasteiger partial charge in [-0.05, 0) is 37.3 Å². The monoisotopic (exact) mass is 264 g/mol. The average molecular weight is 264 g/mol. The molecule has 0 bridgehead atoms. The highest BCUT2D eigenvalue weighted by Gasteiger charge is 2.14. The third kappa shape index (κ3) is 3.11. The Labute approximate surface area is 109 Å². The van der Waals surface area contributed by atoms with Crippen molar-refractivity contribution in [1.82, 2.24) is 5.43 Å². The average Bonchev–Trinajstić information content (AvgIpc) is 2.78. The molecular formula is C13H13FN2O3. The molecule has 0 atom stereocenters. The highest BCUT2D eigenvalue weighted by molar-refractivity contribution is 5.92. The summed E-state index contributed by atoms with van der Waals surface area (Å²) in [4.78, 5) is 11.3. The third-order valence-corrected chi connectivity index (χ3v) is 2.50. The highest BCUT2D eigenvalue weighted by Crippen LogP contribution is 2.18.